The first-order valence-electron chi connectivity index (χ1n) is 5.37. The Labute approximate surface area is 94.8 Å². The molecule has 1 aliphatic rings. The lowest BCUT2D eigenvalue weighted by molar-refractivity contribution is -0.119. The van der Waals surface area contributed by atoms with E-state index in [4.69, 9.17) is 10.5 Å². The number of nitrogens with two attached hydrogens (primary N) is 1. The van der Waals surface area contributed by atoms with E-state index in [0.717, 1.165) is 11.3 Å². The zero-order valence-electron chi connectivity index (χ0n) is 9.32. The van der Waals surface area contributed by atoms with Gasteiger partial charge in [0.1, 0.15) is 0 Å². The monoisotopic (exact) mass is 220 g/mol. The van der Waals surface area contributed by atoms with Gasteiger partial charge in [-0.2, -0.15) is 0 Å². The van der Waals surface area contributed by atoms with Crippen molar-refractivity contribution >= 4 is 11.6 Å². The summed E-state index contributed by atoms with van der Waals surface area (Å²) < 4.78 is 5.49. The predicted molar refractivity (Wildman–Crippen MR) is 61.9 cm³/mol. The van der Waals surface area contributed by atoms with Gasteiger partial charge in [-0.15, -0.1) is 0 Å². The molecule has 3 N–H and O–H groups in total. The number of fused-ring (bicyclic) bond motifs is 1. The summed E-state index contributed by atoms with van der Waals surface area (Å²) >= 11 is 0. The van der Waals surface area contributed by atoms with Gasteiger partial charge < -0.3 is 15.8 Å². The summed E-state index contributed by atoms with van der Waals surface area (Å²) in [7, 11) is 0. The van der Waals surface area contributed by atoms with Crippen LogP contribution in [-0.2, 0) is 16.1 Å². The first-order valence-corrected chi connectivity index (χ1v) is 5.37. The van der Waals surface area contributed by atoms with Gasteiger partial charge in [0.25, 0.3) is 0 Å². The summed E-state index contributed by atoms with van der Waals surface area (Å²) in [5.41, 5.74) is 8.83. The molecule has 0 aromatic heterocycles. The minimum Gasteiger partial charge on any atom is -0.399 e. The Kier molecular flexibility index (Phi) is 3.10. The number of benzene rings is 1. The normalized spacial score (nSPS) is 18.9. The average Bonchev–Trinajstić information content (AvgIpc) is 2.25. The number of amides is 1. The number of anilines is 1. The second-order valence-electron chi connectivity index (χ2n) is 4.11. The van der Waals surface area contributed by atoms with Gasteiger partial charge in [-0.25, -0.2) is 0 Å². The van der Waals surface area contributed by atoms with Crippen LogP contribution >= 0.6 is 0 Å². The van der Waals surface area contributed by atoms with E-state index in [-0.39, 0.29) is 11.8 Å². The number of nitrogen functional groups attached to an aromatic ring is 1. The van der Waals surface area contributed by atoms with Crippen LogP contribution in [-0.4, -0.2) is 19.1 Å². The van der Waals surface area contributed by atoms with E-state index in [9.17, 15) is 4.79 Å². The molecule has 1 unspecified atom stereocenters. The van der Waals surface area contributed by atoms with Gasteiger partial charge in [-0.3, -0.25) is 4.79 Å². The second kappa shape index (κ2) is 4.53. The van der Waals surface area contributed by atoms with Crippen LogP contribution in [0.1, 0.15) is 24.0 Å². The first kappa shape index (κ1) is 11.0. The van der Waals surface area contributed by atoms with Crippen molar-refractivity contribution < 1.29 is 9.53 Å². The fourth-order valence-electron chi connectivity index (χ4n) is 1.99. The van der Waals surface area contributed by atoms with Gasteiger partial charge >= 0.3 is 0 Å². The molecule has 1 aromatic carbocycles. The van der Waals surface area contributed by atoms with Crippen molar-refractivity contribution in [3.05, 3.63) is 29.3 Å². The lowest BCUT2D eigenvalue weighted by Crippen LogP contribution is -2.30. The molecule has 2 rings (SSSR count). The molecule has 0 saturated carbocycles. The van der Waals surface area contributed by atoms with Crippen molar-refractivity contribution in [1.82, 2.24) is 5.32 Å². The molecule has 0 bridgehead atoms. The van der Waals surface area contributed by atoms with Gasteiger partial charge in [-0.05, 0) is 23.3 Å². The molecule has 1 heterocycles. The number of hydrogen-bond donors (Lipinski definition) is 2. The molecule has 1 aliphatic heterocycles. The molecular formula is C12H16N2O2. The molecule has 4 nitrogen and oxygen atoms in total. The SMILES string of the molecule is CC(=O)NCC1COCc2cc(N)ccc21. The van der Waals surface area contributed by atoms with E-state index in [2.05, 4.69) is 5.32 Å². The zero-order chi connectivity index (χ0) is 11.5. The second-order valence-corrected chi connectivity index (χ2v) is 4.11. The van der Waals surface area contributed by atoms with Crippen LogP contribution in [0.4, 0.5) is 5.69 Å². The molecule has 16 heavy (non-hydrogen) atoms. The molecule has 0 spiro atoms. The average molecular weight is 220 g/mol. The van der Waals surface area contributed by atoms with E-state index < -0.39 is 0 Å². The van der Waals surface area contributed by atoms with E-state index in [1.165, 1.54) is 12.5 Å². The Bertz CT molecular complexity index is 404. The summed E-state index contributed by atoms with van der Waals surface area (Å²) in [6.07, 6.45) is 0. The van der Waals surface area contributed by atoms with Crippen LogP contribution in [0.3, 0.4) is 0 Å². The van der Waals surface area contributed by atoms with Crippen molar-refractivity contribution in [2.45, 2.75) is 19.4 Å². The number of ether oxygens (including phenoxy) is 1. The van der Waals surface area contributed by atoms with E-state index in [0.29, 0.717) is 19.8 Å². The highest BCUT2D eigenvalue weighted by Crippen LogP contribution is 2.27. The Morgan fingerprint density at radius 1 is 1.62 bits per heavy atom. The third-order valence-corrected chi connectivity index (χ3v) is 2.78. The minimum absolute atomic E-state index is 0.0115. The number of carbonyl (C=O) groups excluding carboxylic acids is 1. The van der Waals surface area contributed by atoms with Crippen molar-refractivity contribution in [1.29, 1.82) is 0 Å². The van der Waals surface area contributed by atoms with Crippen LogP contribution in [0.15, 0.2) is 18.2 Å². The molecule has 0 saturated heterocycles. The molecule has 0 aliphatic carbocycles. The third kappa shape index (κ3) is 2.33. The van der Waals surface area contributed by atoms with Crippen LogP contribution < -0.4 is 11.1 Å². The van der Waals surface area contributed by atoms with Crippen LogP contribution in [0.5, 0.6) is 0 Å². The van der Waals surface area contributed by atoms with Crippen LogP contribution in [0.25, 0.3) is 0 Å². The lowest BCUT2D eigenvalue weighted by Gasteiger charge is -2.26. The molecule has 86 valence electrons. The molecule has 0 fully saturated rings. The molecule has 1 atom stereocenters. The smallest absolute Gasteiger partial charge is 0.216 e. The summed E-state index contributed by atoms with van der Waals surface area (Å²) in [5, 5.41) is 2.82. The highest BCUT2D eigenvalue weighted by molar-refractivity contribution is 5.72. The summed E-state index contributed by atoms with van der Waals surface area (Å²) in [4.78, 5) is 10.9. The number of rotatable bonds is 2. The highest BCUT2D eigenvalue weighted by atomic mass is 16.5. The third-order valence-electron chi connectivity index (χ3n) is 2.78. The molecule has 4 heteroatoms. The fraction of sp³-hybridized carbons (Fsp3) is 0.417. The van der Waals surface area contributed by atoms with E-state index in [1.54, 1.807) is 0 Å². The van der Waals surface area contributed by atoms with Crippen molar-refractivity contribution in [2.75, 3.05) is 18.9 Å². The molecular weight excluding hydrogens is 204 g/mol. The Morgan fingerprint density at radius 2 is 2.44 bits per heavy atom. The van der Waals surface area contributed by atoms with Gasteiger partial charge in [0, 0.05) is 25.1 Å². The molecule has 0 radical (unpaired) electrons. The maximum atomic E-state index is 10.9. The number of hydrogen-bond acceptors (Lipinski definition) is 3. The summed E-state index contributed by atoms with van der Waals surface area (Å²) in [5.74, 6) is 0.218. The van der Waals surface area contributed by atoms with E-state index in [1.807, 2.05) is 18.2 Å². The number of nitrogens with one attached hydrogen (secondary N) is 1. The minimum atomic E-state index is -0.0115. The van der Waals surface area contributed by atoms with Crippen LogP contribution in [0.2, 0.25) is 0 Å². The van der Waals surface area contributed by atoms with Crippen molar-refractivity contribution in [2.24, 2.45) is 0 Å². The van der Waals surface area contributed by atoms with Crippen molar-refractivity contribution in [3.63, 3.8) is 0 Å². The molecule has 1 aromatic rings. The summed E-state index contributed by atoms with van der Waals surface area (Å²) in [6.45, 7) is 3.40. The lowest BCUT2D eigenvalue weighted by atomic mass is 9.92. The molecule has 1 amide bonds. The quantitative estimate of drug-likeness (QED) is 0.731. The van der Waals surface area contributed by atoms with Crippen molar-refractivity contribution in [3.8, 4) is 0 Å². The topological polar surface area (TPSA) is 64.3 Å². The number of carbonyl (C=O) groups is 1. The van der Waals surface area contributed by atoms with E-state index >= 15 is 0 Å². The maximum Gasteiger partial charge on any atom is 0.216 e. The largest absolute Gasteiger partial charge is 0.399 e. The Balaban J connectivity index is 2.16. The predicted octanol–water partition coefficient (Wildman–Crippen LogP) is 1.02. The highest BCUT2D eigenvalue weighted by Gasteiger charge is 2.20. The maximum absolute atomic E-state index is 10.9. The Hall–Kier alpha value is -1.55. The fourth-order valence-corrected chi connectivity index (χ4v) is 1.99. The van der Waals surface area contributed by atoms with Crippen LogP contribution in [0, 0.1) is 0 Å². The van der Waals surface area contributed by atoms with Gasteiger partial charge in [0.15, 0.2) is 0 Å². The zero-order valence-corrected chi connectivity index (χ0v) is 9.32. The Morgan fingerprint density at radius 3 is 3.19 bits per heavy atom. The summed E-state index contributed by atoms with van der Waals surface area (Å²) in [6, 6.07) is 5.86. The van der Waals surface area contributed by atoms with Gasteiger partial charge in [0.05, 0.1) is 13.2 Å². The standard InChI is InChI=1S/C12H16N2O2/c1-8(15)14-5-10-7-16-6-9-4-11(13)2-3-12(9)10/h2-4,10H,5-7,13H2,1H3,(H,14,15). The first-order chi connectivity index (χ1) is 7.66. The van der Waals surface area contributed by atoms with Gasteiger partial charge in [-0.1, -0.05) is 6.07 Å². The van der Waals surface area contributed by atoms with Gasteiger partial charge in [0.2, 0.25) is 5.91 Å².